The predicted octanol–water partition coefficient (Wildman–Crippen LogP) is 2.59. The number of nitrogens with one attached hydrogen (secondary N) is 3. The van der Waals surface area contributed by atoms with Gasteiger partial charge in [0.2, 0.25) is 0 Å². The number of rotatable bonds is 5. The topological polar surface area (TPSA) is 103 Å². The summed E-state index contributed by atoms with van der Waals surface area (Å²) < 4.78 is 4.53. The van der Waals surface area contributed by atoms with E-state index in [4.69, 9.17) is 28.5 Å². The molecule has 0 saturated heterocycles. The van der Waals surface area contributed by atoms with E-state index in [1.165, 1.54) is 6.07 Å². The number of amides is 2. The van der Waals surface area contributed by atoms with Crippen LogP contribution in [-0.4, -0.2) is 18.6 Å². The van der Waals surface area contributed by atoms with Crippen LogP contribution in [0.3, 0.4) is 0 Å². The van der Waals surface area contributed by atoms with Crippen LogP contribution < -0.4 is 16.2 Å². The third kappa shape index (κ3) is 5.52. The first-order chi connectivity index (χ1) is 10.5. The van der Waals surface area contributed by atoms with E-state index in [-0.39, 0.29) is 12.2 Å². The molecule has 22 heavy (non-hydrogen) atoms. The summed E-state index contributed by atoms with van der Waals surface area (Å²) in [5.41, 5.74) is 5.36. The van der Waals surface area contributed by atoms with Crippen LogP contribution in [0.2, 0.25) is 10.0 Å². The molecule has 0 fully saturated rings. The Hall–Kier alpha value is -2.43. The van der Waals surface area contributed by atoms with Crippen molar-refractivity contribution < 1.29 is 14.3 Å². The smallest absolute Gasteiger partial charge is 0.414 e. The van der Waals surface area contributed by atoms with E-state index < -0.39 is 12.0 Å². The standard InChI is InChI=1S/C13H12Cl2N4O3/c1-2-22-13(21)18-12(20)8(6-16)7-17-19-11-4-3-9(14)5-10(11)15/h3-5,7,17,19H,2H2,1H3,(H,18,20,21)/b8-7-. The van der Waals surface area contributed by atoms with E-state index in [0.29, 0.717) is 15.7 Å². The molecule has 0 aliphatic rings. The van der Waals surface area contributed by atoms with Gasteiger partial charge < -0.3 is 10.2 Å². The van der Waals surface area contributed by atoms with Crippen molar-refractivity contribution >= 4 is 40.9 Å². The second-order valence-electron chi connectivity index (χ2n) is 3.74. The Bertz CT molecular complexity index is 641. The third-order valence-electron chi connectivity index (χ3n) is 2.21. The summed E-state index contributed by atoms with van der Waals surface area (Å²) in [5.74, 6) is -0.891. The van der Waals surface area contributed by atoms with Crippen molar-refractivity contribution in [3.05, 3.63) is 40.0 Å². The maximum absolute atomic E-state index is 11.6. The number of carbonyl (C=O) groups excluding carboxylic acids is 2. The molecule has 1 rings (SSSR count). The van der Waals surface area contributed by atoms with Crippen molar-refractivity contribution in [2.45, 2.75) is 6.92 Å². The van der Waals surface area contributed by atoms with Gasteiger partial charge in [0, 0.05) is 11.2 Å². The van der Waals surface area contributed by atoms with Gasteiger partial charge in [-0.2, -0.15) is 5.26 Å². The molecule has 0 heterocycles. The van der Waals surface area contributed by atoms with Gasteiger partial charge in [0.15, 0.2) is 0 Å². The quantitative estimate of drug-likeness (QED) is 0.431. The van der Waals surface area contributed by atoms with Gasteiger partial charge in [-0.3, -0.25) is 15.5 Å². The Morgan fingerprint density at radius 2 is 2.14 bits per heavy atom. The molecule has 0 aliphatic carbocycles. The summed E-state index contributed by atoms with van der Waals surface area (Å²) in [6, 6.07) is 6.39. The van der Waals surface area contributed by atoms with Crippen molar-refractivity contribution in [3.8, 4) is 6.07 Å². The SMILES string of the molecule is CCOC(=O)NC(=O)/C(C#N)=C\NNc1ccc(Cl)cc1Cl. The van der Waals surface area contributed by atoms with Crippen LogP contribution >= 0.6 is 23.2 Å². The molecule has 0 aliphatic heterocycles. The van der Waals surface area contributed by atoms with Gasteiger partial charge in [0.05, 0.1) is 17.3 Å². The largest absolute Gasteiger partial charge is 0.450 e. The van der Waals surface area contributed by atoms with Crippen LogP contribution in [0.5, 0.6) is 0 Å². The molecule has 7 nitrogen and oxygen atoms in total. The summed E-state index contributed by atoms with van der Waals surface area (Å²) in [5, 5.41) is 11.6. The van der Waals surface area contributed by atoms with E-state index >= 15 is 0 Å². The molecule has 1 aromatic carbocycles. The van der Waals surface area contributed by atoms with Crippen LogP contribution in [-0.2, 0) is 9.53 Å². The molecule has 9 heteroatoms. The van der Waals surface area contributed by atoms with Gasteiger partial charge in [-0.05, 0) is 25.1 Å². The number of alkyl carbamates (subject to hydrolysis) is 1. The van der Waals surface area contributed by atoms with Gasteiger partial charge in [-0.25, -0.2) is 4.79 Å². The van der Waals surface area contributed by atoms with Crippen LogP contribution in [0.15, 0.2) is 30.0 Å². The van der Waals surface area contributed by atoms with Crippen LogP contribution in [0.25, 0.3) is 0 Å². The van der Waals surface area contributed by atoms with Gasteiger partial charge in [0.25, 0.3) is 5.91 Å². The molecule has 3 N–H and O–H groups in total. The lowest BCUT2D eigenvalue weighted by Crippen LogP contribution is -2.32. The molecule has 0 saturated carbocycles. The summed E-state index contributed by atoms with van der Waals surface area (Å²) >= 11 is 11.7. The fraction of sp³-hybridized carbons (Fsp3) is 0.154. The predicted molar refractivity (Wildman–Crippen MR) is 82.1 cm³/mol. The number of imide groups is 1. The zero-order valence-electron chi connectivity index (χ0n) is 11.4. The second kappa shape index (κ2) is 8.77. The number of hydrazine groups is 1. The zero-order valence-corrected chi connectivity index (χ0v) is 13.0. The molecule has 0 radical (unpaired) electrons. The lowest BCUT2D eigenvalue weighted by Gasteiger charge is -2.08. The summed E-state index contributed by atoms with van der Waals surface area (Å²) in [6.07, 6.45) is 0.154. The average Bonchev–Trinajstić information content (AvgIpc) is 2.45. The first-order valence-electron chi connectivity index (χ1n) is 6.03. The highest BCUT2D eigenvalue weighted by molar-refractivity contribution is 6.36. The Morgan fingerprint density at radius 3 is 2.73 bits per heavy atom. The van der Waals surface area contributed by atoms with Crippen molar-refractivity contribution in [3.63, 3.8) is 0 Å². The minimum atomic E-state index is -0.928. The lowest BCUT2D eigenvalue weighted by molar-refractivity contribution is -0.116. The summed E-state index contributed by atoms with van der Waals surface area (Å²) in [7, 11) is 0. The fourth-order valence-electron chi connectivity index (χ4n) is 1.25. The number of nitrogens with zero attached hydrogens (tertiary/aromatic N) is 1. The number of nitriles is 1. The van der Waals surface area contributed by atoms with E-state index in [2.05, 4.69) is 15.6 Å². The van der Waals surface area contributed by atoms with E-state index in [1.54, 1.807) is 25.1 Å². The highest BCUT2D eigenvalue weighted by Crippen LogP contribution is 2.24. The van der Waals surface area contributed by atoms with Crippen molar-refractivity contribution in [1.29, 1.82) is 5.26 Å². The maximum atomic E-state index is 11.6. The number of anilines is 1. The number of halogens is 2. The minimum absolute atomic E-state index is 0.111. The molecule has 0 spiro atoms. The molecule has 2 amide bonds. The molecular weight excluding hydrogens is 331 g/mol. The third-order valence-corrected chi connectivity index (χ3v) is 2.76. The molecular formula is C13H12Cl2N4O3. The second-order valence-corrected chi connectivity index (χ2v) is 4.58. The normalized spacial score (nSPS) is 10.4. The number of ether oxygens (including phenoxy) is 1. The maximum Gasteiger partial charge on any atom is 0.414 e. The highest BCUT2D eigenvalue weighted by atomic mass is 35.5. The minimum Gasteiger partial charge on any atom is -0.450 e. The van der Waals surface area contributed by atoms with E-state index in [9.17, 15) is 9.59 Å². The number of hydrogen-bond donors (Lipinski definition) is 3. The first kappa shape index (κ1) is 17.6. The zero-order chi connectivity index (χ0) is 16.5. The Labute approximate surface area is 136 Å². The van der Waals surface area contributed by atoms with Crippen LogP contribution in [0.4, 0.5) is 10.5 Å². The Morgan fingerprint density at radius 1 is 1.41 bits per heavy atom. The molecule has 1 aromatic rings. The van der Waals surface area contributed by atoms with Crippen LogP contribution in [0.1, 0.15) is 6.92 Å². The number of hydrogen-bond acceptors (Lipinski definition) is 6. The van der Waals surface area contributed by atoms with Crippen molar-refractivity contribution in [1.82, 2.24) is 10.7 Å². The molecule has 0 unspecified atom stereocenters. The summed E-state index contributed by atoms with van der Waals surface area (Å²) in [6.45, 7) is 1.70. The van der Waals surface area contributed by atoms with E-state index in [1.807, 2.05) is 5.32 Å². The van der Waals surface area contributed by atoms with Crippen LogP contribution in [0, 0.1) is 11.3 Å². The van der Waals surface area contributed by atoms with Gasteiger partial charge in [0.1, 0.15) is 11.6 Å². The first-order valence-corrected chi connectivity index (χ1v) is 6.78. The molecule has 0 bridgehead atoms. The van der Waals surface area contributed by atoms with Crippen molar-refractivity contribution in [2.75, 3.05) is 12.0 Å². The highest BCUT2D eigenvalue weighted by Gasteiger charge is 2.13. The van der Waals surface area contributed by atoms with Gasteiger partial charge >= 0.3 is 6.09 Å². The lowest BCUT2D eigenvalue weighted by atomic mass is 10.3. The fourth-order valence-corrected chi connectivity index (χ4v) is 1.71. The molecule has 116 valence electrons. The number of carbonyl (C=O) groups is 2. The molecule has 0 aromatic heterocycles. The van der Waals surface area contributed by atoms with E-state index in [0.717, 1.165) is 6.20 Å². The average molecular weight is 343 g/mol. The number of benzene rings is 1. The summed E-state index contributed by atoms with van der Waals surface area (Å²) in [4.78, 5) is 22.7. The van der Waals surface area contributed by atoms with Gasteiger partial charge in [-0.1, -0.05) is 23.2 Å². The van der Waals surface area contributed by atoms with Gasteiger partial charge in [-0.15, -0.1) is 0 Å². The monoisotopic (exact) mass is 342 g/mol. The molecule has 0 atom stereocenters. The Kier molecular flexibility index (Phi) is 7.02. The Balaban J connectivity index is 2.64. The van der Waals surface area contributed by atoms with Crippen molar-refractivity contribution in [2.24, 2.45) is 0 Å².